The fourth-order valence-electron chi connectivity index (χ4n) is 6.11. The highest BCUT2D eigenvalue weighted by Gasteiger charge is 2.39. The zero-order chi connectivity index (χ0) is 55.6. The van der Waals surface area contributed by atoms with Crippen LogP contribution in [0.3, 0.4) is 0 Å². The summed E-state index contributed by atoms with van der Waals surface area (Å²) in [6.07, 6.45) is -3.26. The Balaban J connectivity index is 0.000000277. The van der Waals surface area contributed by atoms with E-state index in [9.17, 15) is 41.0 Å². The van der Waals surface area contributed by atoms with E-state index in [0.717, 1.165) is 27.0 Å². The topological polar surface area (TPSA) is 214 Å². The smallest absolute Gasteiger partial charge is 0.453 e. The van der Waals surface area contributed by atoms with E-state index in [2.05, 4.69) is 79.4 Å². The number of carbonyl (C=O) groups is 2. The third kappa shape index (κ3) is 17.7. The molecule has 0 radical (unpaired) electrons. The third-order valence-corrected chi connectivity index (χ3v) is 14.3. The molecule has 0 aliphatic rings. The Morgan fingerprint density at radius 3 is 1.21 bits per heavy atom. The standard InChI is InChI=1S/C25H32F3N5O4Si.C24H30F3N5O4Si/c1-24(2,23(34)35-3)15-37-20-10-8-18(14-30-20)17-7-9-19(29-13-17)21-31-22(25(26,27)28)32-33(21)16-36-11-12-38(4,5)6;1-23(2,22(33)34)14-36-19-9-7-17(13-29-19)16-6-8-18(28-12-16)20-30-21(24(25,26)27)31-32(20)15-35-10-11-37(3,4)5/h7-10,13-14H,11-12,15-16H2,1-6H3;6-9,12-13H,10-11,14-15H2,1-5H3,(H,33,34). The van der Waals surface area contributed by atoms with Crippen LogP contribution in [-0.4, -0.2) is 116 Å². The minimum atomic E-state index is -4.70. The molecule has 0 aliphatic heterocycles. The van der Waals surface area contributed by atoms with Crippen molar-refractivity contribution < 1.29 is 64.7 Å². The zero-order valence-corrected chi connectivity index (χ0v) is 45.6. The van der Waals surface area contributed by atoms with Crippen molar-refractivity contribution in [3.63, 3.8) is 0 Å². The Morgan fingerprint density at radius 2 is 0.920 bits per heavy atom. The molecule has 6 heterocycles. The summed E-state index contributed by atoms with van der Waals surface area (Å²) in [7, 11) is -1.39. The van der Waals surface area contributed by atoms with Crippen molar-refractivity contribution in [2.75, 3.05) is 33.5 Å². The van der Waals surface area contributed by atoms with Gasteiger partial charge in [0, 0.05) is 88.5 Å². The molecule has 75 heavy (non-hydrogen) atoms. The van der Waals surface area contributed by atoms with Crippen molar-refractivity contribution in [3.05, 3.63) is 85.0 Å². The fraction of sp³-hybridized carbons (Fsp3) is 0.469. The van der Waals surface area contributed by atoms with Gasteiger partial charge in [0.15, 0.2) is 11.6 Å². The second-order valence-corrected chi connectivity index (χ2v) is 32.2. The Morgan fingerprint density at radius 1 is 0.560 bits per heavy atom. The first-order chi connectivity index (χ1) is 34.8. The number of alkyl halides is 6. The zero-order valence-electron chi connectivity index (χ0n) is 43.6. The minimum absolute atomic E-state index is 0.0352. The van der Waals surface area contributed by atoms with Crippen molar-refractivity contribution >= 4 is 28.1 Å². The van der Waals surface area contributed by atoms with Crippen LogP contribution in [0.4, 0.5) is 26.3 Å². The number of pyridine rings is 4. The largest absolute Gasteiger partial charge is 0.481 e. The molecule has 0 fully saturated rings. The molecule has 6 rings (SSSR count). The molecule has 0 atom stereocenters. The molecule has 0 unspecified atom stereocenters. The summed E-state index contributed by atoms with van der Waals surface area (Å²) in [5, 5.41) is 16.4. The van der Waals surface area contributed by atoms with Gasteiger partial charge in [0.2, 0.25) is 11.8 Å². The number of carbonyl (C=O) groups excluding carboxylic acids is 1. The van der Waals surface area contributed by atoms with Gasteiger partial charge in [-0.2, -0.15) is 26.3 Å². The lowest BCUT2D eigenvalue weighted by molar-refractivity contribution is -0.152. The van der Waals surface area contributed by atoms with Gasteiger partial charge < -0.3 is 28.8 Å². The molecule has 18 nitrogen and oxygen atoms in total. The van der Waals surface area contributed by atoms with Crippen LogP contribution in [0, 0.1) is 10.8 Å². The number of carboxylic acid groups (broad SMARTS) is 1. The van der Waals surface area contributed by atoms with Crippen LogP contribution in [0.25, 0.3) is 45.3 Å². The predicted octanol–water partition coefficient (Wildman–Crippen LogP) is 10.5. The lowest BCUT2D eigenvalue weighted by Crippen LogP contribution is -2.32. The summed E-state index contributed by atoms with van der Waals surface area (Å²) >= 11 is 0. The lowest BCUT2D eigenvalue weighted by atomic mass is 9.95. The van der Waals surface area contributed by atoms with Gasteiger partial charge in [-0.3, -0.25) is 19.6 Å². The van der Waals surface area contributed by atoms with Crippen LogP contribution >= 0.6 is 0 Å². The molecule has 0 aliphatic carbocycles. The average Bonchev–Trinajstić information content (AvgIpc) is 3.99. The molecule has 0 bridgehead atoms. The summed E-state index contributed by atoms with van der Waals surface area (Å²) in [5.74, 6) is -3.36. The summed E-state index contributed by atoms with van der Waals surface area (Å²) < 4.78 is 109. The number of carboxylic acids is 1. The number of aromatic nitrogens is 10. The van der Waals surface area contributed by atoms with E-state index in [1.165, 1.54) is 25.7 Å². The van der Waals surface area contributed by atoms with E-state index in [4.69, 9.17) is 23.7 Å². The van der Waals surface area contributed by atoms with Crippen molar-refractivity contribution in [2.45, 2.75) is 105 Å². The maximum absolute atomic E-state index is 13.3. The van der Waals surface area contributed by atoms with Gasteiger partial charge in [0.1, 0.15) is 38.1 Å². The van der Waals surface area contributed by atoms with Crippen molar-refractivity contribution in [2.24, 2.45) is 10.8 Å². The molecule has 6 aromatic heterocycles. The van der Waals surface area contributed by atoms with E-state index in [1.54, 1.807) is 82.4 Å². The fourth-order valence-corrected chi connectivity index (χ4v) is 7.63. The van der Waals surface area contributed by atoms with Crippen LogP contribution in [0.5, 0.6) is 11.8 Å². The molecule has 0 spiro atoms. The Labute approximate surface area is 432 Å². The second-order valence-electron chi connectivity index (χ2n) is 21.0. The number of nitrogens with zero attached hydrogens (tertiary/aromatic N) is 10. The summed E-state index contributed by atoms with van der Waals surface area (Å²) in [6, 6.07) is 15.0. The maximum atomic E-state index is 13.3. The Hall–Kier alpha value is -6.65. The number of halogens is 6. The van der Waals surface area contributed by atoms with Gasteiger partial charge in [0.05, 0.1) is 17.9 Å². The lowest BCUT2D eigenvalue weighted by Gasteiger charge is -2.21. The highest BCUT2D eigenvalue weighted by atomic mass is 28.3. The van der Waals surface area contributed by atoms with E-state index in [0.29, 0.717) is 35.8 Å². The van der Waals surface area contributed by atoms with Crippen LogP contribution in [0.15, 0.2) is 73.3 Å². The van der Waals surface area contributed by atoms with E-state index in [-0.39, 0.29) is 55.6 Å². The van der Waals surface area contributed by atoms with Crippen LogP contribution < -0.4 is 9.47 Å². The first-order valence-corrected chi connectivity index (χ1v) is 30.9. The number of aliphatic carboxylic acids is 1. The summed E-state index contributed by atoms with van der Waals surface area (Å²) in [6.45, 7) is 20.2. The maximum Gasteiger partial charge on any atom is 0.453 e. The number of ether oxygens (including phenoxy) is 5. The molecule has 6 aromatic rings. The molecular weight excluding hydrogens is 1030 g/mol. The predicted molar refractivity (Wildman–Crippen MR) is 269 cm³/mol. The van der Waals surface area contributed by atoms with E-state index < -0.39 is 62.9 Å². The van der Waals surface area contributed by atoms with Crippen LogP contribution in [0.2, 0.25) is 51.4 Å². The molecule has 0 aromatic carbocycles. The van der Waals surface area contributed by atoms with Crippen LogP contribution in [0.1, 0.15) is 39.3 Å². The quantitative estimate of drug-likeness (QED) is 0.0290. The van der Waals surface area contributed by atoms with E-state index in [1.807, 2.05) is 0 Å². The summed E-state index contributed by atoms with van der Waals surface area (Å²) in [5.41, 5.74) is 1.31. The van der Waals surface area contributed by atoms with Gasteiger partial charge in [-0.1, -0.05) is 51.4 Å². The number of hydrogen-bond acceptors (Lipinski definition) is 15. The molecule has 0 saturated heterocycles. The normalized spacial score (nSPS) is 12.5. The molecular formula is C49H62F6N10O8Si2. The average molecular weight is 1090 g/mol. The number of esters is 1. The van der Waals surface area contributed by atoms with Gasteiger partial charge in [-0.05, 0) is 64.0 Å². The Bertz CT molecular complexity index is 2820. The number of methoxy groups -OCH3 is 1. The Kier molecular flexibility index (Phi) is 19.2. The van der Waals surface area contributed by atoms with Crippen LogP contribution in [-0.2, 0) is 49.6 Å². The first-order valence-electron chi connectivity index (χ1n) is 23.5. The second kappa shape index (κ2) is 24.4. The molecule has 0 amide bonds. The first kappa shape index (κ1) is 59.2. The highest BCUT2D eigenvalue weighted by molar-refractivity contribution is 6.76. The monoisotopic (exact) mass is 1090 g/mol. The van der Waals surface area contributed by atoms with Gasteiger partial charge >= 0.3 is 24.3 Å². The minimum Gasteiger partial charge on any atom is -0.481 e. The van der Waals surface area contributed by atoms with Crippen molar-refractivity contribution in [1.82, 2.24) is 49.5 Å². The highest BCUT2D eigenvalue weighted by Crippen LogP contribution is 2.32. The van der Waals surface area contributed by atoms with Gasteiger partial charge in [-0.15, -0.1) is 10.2 Å². The third-order valence-electron chi connectivity index (χ3n) is 10.9. The summed E-state index contributed by atoms with van der Waals surface area (Å²) in [4.78, 5) is 47.4. The molecule has 0 saturated carbocycles. The molecule has 1 N–H and O–H groups in total. The van der Waals surface area contributed by atoms with E-state index >= 15 is 0 Å². The molecule has 26 heteroatoms. The molecule has 406 valence electrons. The van der Waals surface area contributed by atoms with Gasteiger partial charge in [0.25, 0.3) is 11.6 Å². The number of rotatable bonds is 22. The van der Waals surface area contributed by atoms with Crippen molar-refractivity contribution in [3.8, 4) is 57.1 Å². The SMILES string of the molecule is CC(C)(COc1ccc(-c2ccc(-c3nc(C(F)(F)F)nn3COCC[Si](C)(C)C)nc2)cn1)C(=O)O.COC(=O)C(C)(C)COc1ccc(-c2ccc(-c3nc(C(F)(F)F)nn3COCC[Si](C)(C)C)nc2)cn1. The van der Waals surface area contributed by atoms with Gasteiger partial charge in [-0.25, -0.2) is 29.3 Å². The number of hydrogen-bond donors (Lipinski definition) is 1. The van der Waals surface area contributed by atoms with Crippen molar-refractivity contribution in [1.29, 1.82) is 0 Å².